The number of benzene rings is 1. The molecule has 2 aromatic rings. The maximum atomic E-state index is 13.7. The highest BCUT2D eigenvalue weighted by atomic mass is 32.2. The first kappa shape index (κ1) is 18.1. The number of amides is 1. The van der Waals surface area contributed by atoms with E-state index in [0.717, 1.165) is 65.7 Å². The summed E-state index contributed by atoms with van der Waals surface area (Å²) in [4.78, 5) is 13.7. The molecule has 1 N–H and O–H groups in total. The second-order valence-corrected chi connectivity index (χ2v) is 11.0. The van der Waals surface area contributed by atoms with E-state index < -0.39 is 0 Å². The molecule has 4 bridgehead atoms. The monoisotopic (exact) mass is 407 g/mol. The first-order chi connectivity index (χ1) is 14.0. The van der Waals surface area contributed by atoms with E-state index in [2.05, 4.69) is 37.4 Å². The molecule has 5 heteroatoms. The van der Waals surface area contributed by atoms with Gasteiger partial charge in [0, 0.05) is 17.1 Å². The van der Waals surface area contributed by atoms with Gasteiger partial charge in [-0.2, -0.15) is 16.9 Å². The molecule has 1 amide bonds. The quantitative estimate of drug-likeness (QED) is 0.742. The van der Waals surface area contributed by atoms with Gasteiger partial charge in [-0.1, -0.05) is 12.1 Å². The van der Waals surface area contributed by atoms with E-state index in [1.807, 2.05) is 16.4 Å². The number of hydrogen-bond donors (Lipinski definition) is 1. The zero-order chi connectivity index (χ0) is 19.8. The van der Waals surface area contributed by atoms with Crippen LogP contribution in [0.15, 0.2) is 18.2 Å². The smallest absolute Gasteiger partial charge is 0.231 e. The van der Waals surface area contributed by atoms with Crippen LogP contribution in [0.25, 0.3) is 5.69 Å². The van der Waals surface area contributed by atoms with E-state index in [4.69, 9.17) is 5.10 Å². The number of hydrogen-bond acceptors (Lipinski definition) is 3. The fraction of sp³-hybridized carbons (Fsp3) is 0.583. The SMILES string of the molecule is Cc1cccc(-n2nc3c(c2NC(=O)C24CC5CC(CC(C5)C2)C4)CSC3)c1C. The molecule has 7 rings (SSSR count). The highest BCUT2D eigenvalue weighted by Gasteiger charge is 2.54. The molecule has 29 heavy (non-hydrogen) atoms. The third-order valence-corrected chi connectivity index (χ3v) is 9.08. The molecule has 4 nitrogen and oxygen atoms in total. The van der Waals surface area contributed by atoms with Gasteiger partial charge in [0.2, 0.25) is 5.91 Å². The van der Waals surface area contributed by atoms with Crippen LogP contribution >= 0.6 is 11.8 Å². The average Bonchev–Trinajstić information content (AvgIpc) is 3.25. The largest absolute Gasteiger partial charge is 0.310 e. The minimum absolute atomic E-state index is 0.135. The lowest BCUT2D eigenvalue weighted by Gasteiger charge is -2.55. The summed E-state index contributed by atoms with van der Waals surface area (Å²) in [5.41, 5.74) is 5.80. The molecule has 0 radical (unpaired) electrons. The van der Waals surface area contributed by atoms with Gasteiger partial charge in [-0.25, -0.2) is 4.68 Å². The molecule has 1 aliphatic heterocycles. The molecule has 4 fully saturated rings. The van der Waals surface area contributed by atoms with Crippen molar-refractivity contribution in [2.75, 3.05) is 5.32 Å². The molecule has 152 valence electrons. The molecule has 0 unspecified atom stereocenters. The maximum Gasteiger partial charge on any atom is 0.231 e. The van der Waals surface area contributed by atoms with Gasteiger partial charge in [-0.15, -0.1) is 0 Å². The summed E-state index contributed by atoms with van der Waals surface area (Å²) in [5, 5.41) is 8.38. The Kier molecular flexibility index (Phi) is 3.97. The molecular weight excluding hydrogens is 378 g/mol. The summed E-state index contributed by atoms with van der Waals surface area (Å²) in [5.74, 6) is 5.40. The zero-order valence-electron chi connectivity index (χ0n) is 17.3. The molecule has 2 heterocycles. The Hall–Kier alpha value is -1.75. The van der Waals surface area contributed by atoms with E-state index in [9.17, 15) is 4.79 Å². The molecule has 0 spiro atoms. The van der Waals surface area contributed by atoms with Crippen molar-refractivity contribution in [3.05, 3.63) is 40.6 Å². The molecule has 0 saturated heterocycles. The van der Waals surface area contributed by atoms with Crippen molar-refractivity contribution in [2.24, 2.45) is 23.2 Å². The number of nitrogens with zero attached hydrogens (tertiary/aromatic N) is 2. The minimum atomic E-state index is -0.135. The van der Waals surface area contributed by atoms with Gasteiger partial charge >= 0.3 is 0 Å². The van der Waals surface area contributed by atoms with Crippen molar-refractivity contribution >= 4 is 23.5 Å². The predicted octanol–water partition coefficient (Wildman–Crippen LogP) is 5.39. The molecule has 1 aromatic carbocycles. The number of carbonyl (C=O) groups excluding carboxylic acids is 1. The van der Waals surface area contributed by atoms with Gasteiger partial charge in [0.05, 0.1) is 16.8 Å². The van der Waals surface area contributed by atoms with Crippen molar-refractivity contribution in [2.45, 2.75) is 63.9 Å². The Balaban J connectivity index is 1.39. The van der Waals surface area contributed by atoms with Crippen LogP contribution < -0.4 is 5.32 Å². The van der Waals surface area contributed by atoms with Crippen molar-refractivity contribution in [3.63, 3.8) is 0 Å². The average molecular weight is 408 g/mol. The van der Waals surface area contributed by atoms with Gasteiger partial charge in [-0.05, 0) is 87.3 Å². The van der Waals surface area contributed by atoms with Crippen LogP contribution in [0, 0.1) is 37.0 Å². The van der Waals surface area contributed by atoms with Crippen molar-refractivity contribution in [1.29, 1.82) is 0 Å². The number of aryl methyl sites for hydroxylation is 1. The summed E-state index contributed by atoms with van der Waals surface area (Å²) < 4.78 is 2.02. The highest BCUT2D eigenvalue weighted by Crippen LogP contribution is 2.60. The van der Waals surface area contributed by atoms with Gasteiger partial charge in [0.1, 0.15) is 5.82 Å². The summed E-state index contributed by atoms with van der Waals surface area (Å²) in [7, 11) is 0. The Morgan fingerprint density at radius 2 is 1.79 bits per heavy atom. The van der Waals surface area contributed by atoms with Crippen molar-refractivity contribution < 1.29 is 4.79 Å². The third-order valence-electron chi connectivity index (χ3n) is 8.11. The fourth-order valence-corrected chi connectivity index (χ4v) is 7.94. The lowest BCUT2D eigenvalue weighted by Crippen LogP contribution is -2.52. The summed E-state index contributed by atoms with van der Waals surface area (Å²) in [6.45, 7) is 4.29. The molecule has 0 atom stereocenters. The lowest BCUT2D eigenvalue weighted by atomic mass is 9.49. The van der Waals surface area contributed by atoms with Crippen LogP contribution in [0.5, 0.6) is 0 Å². The van der Waals surface area contributed by atoms with Gasteiger partial charge in [0.25, 0.3) is 0 Å². The molecule has 4 saturated carbocycles. The Morgan fingerprint density at radius 1 is 1.10 bits per heavy atom. The van der Waals surface area contributed by atoms with Crippen LogP contribution in [0.2, 0.25) is 0 Å². The zero-order valence-corrected chi connectivity index (χ0v) is 18.1. The standard InChI is InChI=1S/C24H29N3OS/c1-14-4-3-5-21(15(14)2)27-22(19-12-29-13-20(19)26-27)25-23(28)24-9-16-6-17(10-24)8-18(7-16)11-24/h3-5,16-18H,6-13H2,1-2H3,(H,25,28). The normalized spacial score (nSPS) is 31.9. The topological polar surface area (TPSA) is 46.9 Å². The second-order valence-electron chi connectivity index (χ2n) is 10.0. The van der Waals surface area contributed by atoms with E-state index in [-0.39, 0.29) is 11.3 Å². The summed E-state index contributed by atoms with van der Waals surface area (Å²) >= 11 is 1.89. The van der Waals surface area contributed by atoms with E-state index >= 15 is 0 Å². The van der Waals surface area contributed by atoms with Gasteiger partial charge in [0.15, 0.2) is 0 Å². The maximum absolute atomic E-state index is 13.7. The van der Waals surface area contributed by atoms with Crippen LogP contribution in [-0.2, 0) is 16.3 Å². The van der Waals surface area contributed by atoms with Crippen LogP contribution in [0.4, 0.5) is 5.82 Å². The highest BCUT2D eigenvalue weighted by molar-refractivity contribution is 7.98. The van der Waals surface area contributed by atoms with E-state index in [1.165, 1.54) is 36.0 Å². The molecule has 1 aromatic heterocycles. The molecule has 5 aliphatic rings. The van der Waals surface area contributed by atoms with Crippen LogP contribution in [0.1, 0.15) is 60.9 Å². The van der Waals surface area contributed by atoms with Gasteiger partial charge < -0.3 is 5.32 Å². The Morgan fingerprint density at radius 3 is 2.48 bits per heavy atom. The number of thioether (sulfide) groups is 1. The predicted molar refractivity (Wildman–Crippen MR) is 117 cm³/mol. The number of carbonyl (C=O) groups is 1. The Bertz CT molecular complexity index is 973. The summed E-state index contributed by atoms with van der Waals surface area (Å²) in [6.07, 6.45) is 7.37. The first-order valence-corrected chi connectivity index (χ1v) is 12.2. The van der Waals surface area contributed by atoms with E-state index in [0.29, 0.717) is 0 Å². The number of aromatic nitrogens is 2. The number of anilines is 1. The van der Waals surface area contributed by atoms with Gasteiger partial charge in [-0.3, -0.25) is 4.79 Å². The van der Waals surface area contributed by atoms with Crippen LogP contribution in [0.3, 0.4) is 0 Å². The number of nitrogens with one attached hydrogen (secondary N) is 1. The Labute approximate surface area is 176 Å². The summed E-state index contributed by atoms with van der Waals surface area (Å²) in [6, 6.07) is 6.35. The first-order valence-electron chi connectivity index (χ1n) is 11.1. The molecular formula is C24H29N3OS. The minimum Gasteiger partial charge on any atom is -0.310 e. The third kappa shape index (κ3) is 2.73. The number of rotatable bonds is 3. The van der Waals surface area contributed by atoms with Crippen LogP contribution in [-0.4, -0.2) is 15.7 Å². The van der Waals surface area contributed by atoms with Crippen molar-refractivity contribution in [3.8, 4) is 5.69 Å². The fourth-order valence-electron chi connectivity index (χ4n) is 6.91. The number of fused-ring (bicyclic) bond motifs is 1. The van der Waals surface area contributed by atoms with Crippen molar-refractivity contribution in [1.82, 2.24) is 9.78 Å². The lowest BCUT2D eigenvalue weighted by molar-refractivity contribution is -0.140. The molecule has 4 aliphatic carbocycles. The van der Waals surface area contributed by atoms with E-state index in [1.54, 1.807) is 0 Å². The second kappa shape index (κ2) is 6.37.